The molecule has 0 spiro atoms. The van der Waals surface area contributed by atoms with Crippen molar-refractivity contribution in [3.8, 4) is 0 Å². The highest BCUT2D eigenvalue weighted by Crippen LogP contribution is 2.38. The molecule has 0 radical (unpaired) electrons. The van der Waals surface area contributed by atoms with Crippen LogP contribution in [0.4, 0.5) is 0 Å². The summed E-state index contributed by atoms with van der Waals surface area (Å²) in [5.41, 5.74) is 0. The first-order chi connectivity index (χ1) is 47.0. The molecular weight excluding hydrogens is 1210 g/mol. The highest BCUT2D eigenvalue weighted by Gasteiger charge is 2.22. The van der Waals surface area contributed by atoms with Crippen LogP contribution in [-0.2, 0) is 32.7 Å². The largest absolute Gasteiger partial charge is 0.756 e. The number of nitrogens with zero attached hydrogens (tertiary/aromatic N) is 1. The molecule has 0 amide bonds. The molecule has 2 unspecified atom stereocenters. The Balaban J connectivity index is 3.90. The zero-order valence-electron chi connectivity index (χ0n) is 63.6. The van der Waals surface area contributed by atoms with Crippen LogP contribution in [-0.4, -0.2) is 70.0 Å². The van der Waals surface area contributed by atoms with Crippen LogP contribution in [0.25, 0.3) is 0 Å². The zero-order chi connectivity index (χ0) is 69.7. The van der Waals surface area contributed by atoms with E-state index in [2.05, 4.69) is 123 Å². The van der Waals surface area contributed by atoms with Gasteiger partial charge in [0.25, 0.3) is 7.82 Å². The molecule has 0 aliphatic carbocycles. The van der Waals surface area contributed by atoms with Gasteiger partial charge in [0.2, 0.25) is 0 Å². The van der Waals surface area contributed by atoms with Gasteiger partial charge in [-0.15, -0.1) is 0 Å². The van der Waals surface area contributed by atoms with Crippen molar-refractivity contribution in [2.45, 2.75) is 380 Å². The van der Waals surface area contributed by atoms with Gasteiger partial charge in [-0.1, -0.05) is 374 Å². The summed E-state index contributed by atoms with van der Waals surface area (Å²) in [5.74, 6) is -0.818. The van der Waals surface area contributed by atoms with Crippen LogP contribution in [0.2, 0.25) is 0 Å². The van der Waals surface area contributed by atoms with Crippen molar-refractivity contribution in [3.63, 3.8) is 0 Å². The van der Waals surface area contributed by atoms with E-state index in [0.717, 1.165) is 96.3 Å². The van der Waals surface area contributed by atoms with Crippen LogP contribution < -0.4 is 4.89 Å². The van der Waals surface area contributed by atoms with E-state index < -0.39 is 26.5 Å². The smallest absolute Gasteiger partial charge is 0.306 e. The van der Waals surface area contributed by atoms with E-state index in [1.165, 1.54) is 244 Å². The number of hydrogen-bond donors (Lipinski definition) is 0. The maximum absolute atomic E-state index is 12.9. The predicted molar refractivity (Wildman–Crippen MR) is 415 cm³/mol. The molecule has 0 heterocycles. The third-order valence-corrected chi connectivity index (χ3v) is 18.8. The molecule has 2 atom stereocenters. The summed E-state index contributed by atoms with van der Waals surface area (Å²) in [6.07, 6.45) is 108. The summed E-state index contributed by atoms with van der Waals surface area (Å²) < 4.78 is 34.4. The Labute approximate surface area is 595 Å². The lowest BCUT2D eigenvalue weighted by Crippen LogP contribution is -2.37. The fourth-order valence-corrected chi connectivity index (χ4v) is 12.4. The summed E-state index contributed by atoms with van der Waals surface area (Å²) in [7, 11) is 1.18. The SMILES string of the molecule is CC/C=C\C/C=C\C/C=C\C/C=C\C/C=C\CCCCCCCCCCCCCCCCCC(=O)OC(COC(=O)CCCCCCCCCCCCCCCCCCCCCCCCCCCCCC/C=C\C/C=C\C/C=C\C/C=C\CC)COP(=O)([O-])OCC[N+](C)(C)C. The third kappa shape index (κ3) is 79.7. The molecule has 0 fully saturated rings. The molecule has 0 aromatic heterocycles. The summed E-state index contributed by atoms with van der Waals surface area (Å²) in [5, 5.41) is 0. The van der Waals surface area contributed by atoms with Crippen LogP contribution in [0.1, 0.15) is 373 Å². The normalized spacial score (nSPS) is 13.6. The van der Waals surface area contributed by atoms with Crippen LogP contribution in [0.15, 0.2) is 109 Å². The Hall–Kier alpha value is -3.33. The Bertz CT molecular complexity index is 1990. The van der Waals surface area contributed by atoms with Gasteiger partial charge in [-0.05, 0) is 96.3 Å². The number of phosphoric ester groups is 1. The van der Waals surface area contributed by atoms with Gasteiger partial charge in [-0.2, -0.15) is 0 Å². The third-order valence-electron chi connectivity index (χ3n) is 17.8. The standard InChI is InChI=1S/C86H154NO8P/c1-6-8-10-12-14-16-18-20-22-24-26-28-30-32-34-36-38-39-40-41-42-43-44-45-46-47-49-50-52-54-56-58-60-62-64-66-68-70-72-74-76-78-85(88)92-82-84(83-94-96(90,91)93-81-80-87(3,4)5)95-86(89)79-77-75-73-71-69-67-65-63-61-59-57-55-53-51-48-37-35-33-31-29-27-25-23-21-19-17-15-13-11-9-7-2/h8-11,14-17,20-23,26-29,33,35,84H,6-7,12-13,18-19,24-25,30-32,34,36-83H2,1-5H3/b10-8-,11-9-,16-14-,17-15-,22-20-,23-21-,28-26-,29-27-,35-33-. The maximum atomic E-state index is 12.9. The molecule has 0 aliphatic heterocycles. The summed E-state index contributed by atoms with van der Waals surface area (Å²) in [6, 6.07) is 0. The number of ether oxygens (including phenoxy) is 2. The Morgan fingerprint density at radius 3 is 0.833 bits per heavy atom. The Kier molecular flexibility index (Phi) is 73.2. The molecule has 96 heavy (non-hydrogen) atoms. The number of phosphoric acid groups is 1. The van der Waals surface area contributed by atoms with Crippen LogP contribution in [0.3, 0.4) is 0 Å². The monoisotopic (exact) mass is 1360 g/mol. The second-order valence-corrected chi connectivity index (χ2v) is 29.8. The molecule has 0 saturated heterocycles. The zero-order valence-corrected chi connectivity index (χ0v) is 64.5. The lowest BCUT2D eigenvalue weighted by molar-refractivity contribution is -0.870. The fraction of sp³-hybridized carbons (Fsp3) is 0.767. The average molecular weight is 1360 g/mol. The number of carbonyl (C=O) groups excluding carboxylic acids is 2. The molecule has 0 N–H and O–H groups in total. The number of carbonyl (C=O) groups is 2. The quantitative estimate of drug-likeness (QED) is 0.0195. The molecule has 0 bridgehead atoms. The van der Waals surface area contributed by atoms with E-state index in [1.807, 2.05) is 21.1 Å². The average Bonchev–Trinajstić information content (AvgIpc) is 1.97. The molecule has 556 valence electrons. The van der Waals surface area contributed by atoms with Crippen molar-refractivity contribution in [3.05, 3.63) is 109 Å². The van der Waals surface area contributed by atoms with Gasteiger partial charge in [-0.25, -0.2) is 0 Å². The van der Waals surface area contributed by atoms with Gasteiger partial charge in [0, 0.05) is 12.8 Å². The number of quaternary nitrogens is 1. The van der Waals surface area contributed by atoms with Crippen LogP contribution >= 0.6 is 7.82 Å². The van der Waals surface area contributed by atoms with Gasteiger partial charge in [0.1, 0.15) is 19.8 Å². The van der Waals surface area contributed by atoms with Crippen LogP contribution in [0.5, 0.6) is 0 Å². The van der Waals surface area contributed by atoms with Gasteiger partial charge < -0.3 is 27.9 Å². The molecule has 0 rings (SSSR count). The topological polar surface area (TPSA) is 111 Å². The summed E-state index contributed by atoms with van der Waals surface area (Å²) >= 11 is 0. The van der Waals surface area contributed by atoms with E-state index in [1.54, 1.807) is 0 Å². The first kappa shape index (κ1) is 92.7. The second-order valence-electron chi connectivity index (χ2n) is 28.4. The van der Waals surface area contributed by atoms with Crippen LogP contribution in [0, 0.1) is 0 Å². The summed E-state index contributed by atoms with van der Waals surface area (Å²) in [4.78, 5) is 38.2. The molecule has 0 aliphatic rings. The van der Waals surface area contributed by atoms with Gasteiger partial charge in [0.05, 0.1) is 27.7 Å². The van der Waals surface area contributed by atoms with Gasteiger partial charge in [-0.3, -0.25) is 14.2 Å². The fourth-order valence-electron chi connectivity index (χ4n) is 11.7. The second kappa shape index (κ2) is 75.9. The number of esters is 2. The van der Waals surface area contributed by atoms with Crippen molar-refractivity contribution in [2.24, 2.45) is 0 Å². The van der Waals surface area contributed by atoms with Crippen molar-refractivity contribution in [2.75, 3.05) is 47.5 Å². The predicted octanol–water partition coefficient (Wildman–Crippen LogP) is 26.5. The van der Waals surface area contributed by atoms with E-state index in [9.17, 15) is 19.0 Å². The molecule has 0 saturated carbocycles. The number of rotatable bonds is 75. The minimum Gasteiger partial charge on any atom is -0.756 e. The number of hydrogen-bond acceptors (Lipinski definition) is 8. The molecule has 10 heteroatoms. The Morgan fingerprint density at radius 1 is 0.323 bits per heavy atom. The first-order valence-corrected chi connectivity index (χ1v) is 42.1. The molecule has 9 nitrogen and oxygen atoms in total. The van der Waals surface area contributed by atoms with Crippen molar-refractivity contribution in [1.29, 1.82) is 0 Å². The first-order valence-electron chi connectivity index (χ1n) is 40.6. The number of likely N-dealkylation sites (N-methyl/N-ethyl adjacent to an activating group) is 1. The maximum Gasteiger partial charge on any atom is 0.306 e. The molecule has 0 aromatic rings. The minimum atomic E-state index is -4.65. The lowest BCUT2D eigenvalue weighted by Gasteiger charge is -2.28. The number of unbranched alkanes of at least 4 members (excludes halogenated alkanes) is 43. The lowest BCUT2D eigenvalue weighted by atomic mass is 10.0. The Morgan fingerprint density at radius 2 is 0.562 bits per heavy atom. The van der Waals surface area contributed by atoms with Crippen molar-refractivity contribution < 1.29 is 42.1 Å². The molecular formula is C86H154NO8P. The van der Waals surface area contributed by atoms with Gasteiger partial charge >= 0.3 is 11.9 Å². The highest BCUT2D eigenvalue weighted by molar-refractivity contribution is 7.45. The van der Waals surface area contributed by atoms with E-state index in [-0.39, 0.29) is 32.0 Å². The van der Waals surface area contributed by atoms with Crippen molar-refractivity contribution in [1.82, 2.24) is 0 Å². The van der Waals surface area contributed by atoms with E-state index >= 15 is 0 Å². The number of allylic oxidation sites excluding steroid dienone is 18. The van der Waals surface area contributed by atoms with E-state index in [0.29, 0.717) is 17.4 Å². The molecule has 0 aromatic carbocycles. The minimum absolute atomic E-state index is 0.0316. The van der Waals surface area contributed by atoms with Crippen molar-refractivity contribution >= 4 is 19.8 Å². The summed E-state index contributed by atoms with van der Waals surface area (Å²) in [6.45, 7) is 4.06. The highest BCUT2D eigenvalue weighted by atomic mass is 31.2. The van der Waals surface area contributed by atoms with E-state index in [4.69, 9.17) is 18.5 Å². The van der Waals surface area contributed by atoms with Gasteiger partial charge in [0.15, 0.2) is 6.10 Å².